The van der Waals surface area contributed by atoms with Crippen LogP contribution in [0.1, 0.15) is 49.9 Å². The Bertz CT molecular complexity index is 2930. The number of rotatable bonds is 5. The van der Waals surface area contributed by atoms with E-state index >= 15 is 0 Å². The Kier molecular flexibility index (Phi) is 6.98. The Morgan fingerprint density at radius 2 is 0.875 bits per heavy atom. The Morgan fingerprint density at radius 3 is 1.52 bits per heavy atom. The van der Waals surface area contributed by atoms with Gasteiger partial charge in [-0.2, -0.15) is 0 Å². The average molecular weight is 720 g/mol. The smallest absolute Gasteiger partial charge is 0.143 e. The van der Waals surface area contributed by atoms with Crippen molar-refractivity contribution in [1.29, 1.82) is 0 Å². The normalized spacial score (nSPS) is 14.4. The van der Waals surface area contributed by atoms with Crippen LogP contribution in [0.25, 0.3) is 66.4 Å². The van der Waals surface area contributed by atoms with Gasteiger partial charge in [0, 0.05) is 44.1 Å². The molecule has 0 amide bonds. The highest BCUT2D eigenvalue weighted by molar-refractivity contribution is 6.17. The lowest BCUT2D eigenvalue weighted by Crippen LogP contribution is -2.18. The molecule has 56 heavy (non-hydrogen) atoms. The second-order valence-corrected chi connectivity index (χ2v) is 16.5. The molecule has 11 rings (SSSR count). The minimum absolute atomic E-state index is 0.135. The highest BCUT2D eigenvalue weighted by Gasteiger charge is 2.38. The van der Waals surface area contributed by atoms with Gasteiger partial charge in [0.1, 0.15) is 11.2 Å². The van der Waals surface area contributed by atoms with E-state index in [1.165, 1.54) is 44.5 Å². The standard InChI is InChI=1S/C54H41NO/c1-53(2)45-22-12-8-18-38(45)40-28-26-35(32-47(40)53)55(36-27-29-41-39-19-9-13-23-46(39)54(3,4)48(41)33-36)49-24-14-10-20-42(49)43-31-30-37(34-16-6-5-7-17-34)52-51(43)44-21-11-15-25-50(44)56-52/h5-33H,1-4H3. The van der Waals surface area contributed by atoms with E-state index < -0.39 is 0 Å². The Hall–Kier alpha value is -6.64. The molecule has 8 aromatic carbocycles. The van der Waals surface area contributed by atoms with Crippen molar-refractivity contribution in [3.8, 4) is 44.5 Å². The molecule has 268 valence electrons. The fourth-order valence-electron chi connectivity index (χ4n) is 9.88. The quantitative estimate of drug-likeness (QED) is 0.176. The van der Waals surface area contributed by atoms with Crippen molar-refractivity contribution < 1.29 is 4.42 Å². The summed E-state index contributed by atoms with van der Waals surface area (Å²) >= 11 is 0. The number of hydrogen-bond donors (Lipinski definition) is 0. The van der Waals surface area contributed by atoms with Gasteiger partial charge in [0.05, 0.1) is 5.69 Å². The van der Waals surface area contributed by atoms with E-state index in [4.69, 9.17) is 4.42 Å². The van der Waals surface area contributed by atoms with Crippen LogP contribution >= 0.6 is 0 Å². The van der Waals surface area contributed by atoms with Crippen LogP contribution in [0.2, 0.25) is 0 Å². The van der Waals surface area contributed by atoms with Gasteiger partial charge in [-0.15, -0.1) is 0 Å². The molecule has 0 fully saturated rings. The summed E-state index contributed by atoms with van der Waals surface area (Å²) in [4.78, 5) is 2.49. The summed E-state index contributed by atoms with van der Waals surface area (Å²) in [5.41, 5.74) is 20.2. The van der Waals surface area contributed by atoms with E-state index in [1.807, 2.05) is 0 Å². The third-order valence-corrected chi connectivity index (χ3v) is 12.7. The van der Waals surface area contributed by atoms with Gasteiger partial charge in [-0.1, -0.05) is 161 Å². The Labute approximate surface area is 328 Å². The number of hydrogen-bond acceptors (Lipinski definition) is 2. The summed E-state index contributed by atoms with van der Waals surface area (Å²) in [5.74, 6) is 0. The third kappa shape index (κ3) is 4.62. The number of nitrogens with zero attached hydrogens (tertiary/aromatic N) is 1. The van der Waals surface area contributed by atoms with Gasteiger partial charge in [0.25, 0.3) is 0 Å². The van der Waals surface area contributed by atoms with E-state index in [9.17, 15) is 0 Å². The van der Waals surface area contributed by atoms with Gasteiger partial charge in [0.2, 0.25) is 0 Å². The predicted molar refractivity (Wildman–Crippen MR) is 234 cm³/mol. The summed E-state index contributed by atoms with van der Waals surface area (Å²) in [7, 11) is 0. The van der Waals surface area contributed by atoms with E-state index in [1.54, 1.807) is 0 Å². The molecule has 0 N–H and O–H groups in total. The van der Waals surface area contributed by atoms with Gasteiger partial charge in [-0.3, -0.25) is 0 Å². The summed E-state index contributed by atoms with van der Waals surface area (Å²) in [6.07, 6.45) is 0. The Balaban J connectivity index is 1.17. The predicted octanol–water partition coefficient (Wildman–Crippen LogP) is 15.0. The monoisotopic (exact) mass is 719 g/mol. The summed E-state index contributed by atoms with van der Waals surface area (Å²) < 4.78 is 6.76. The van der Waals surface area contributed by atoms with Crippen LogP contribution in [0, 0.1) is 0 Å². The molecule has 2 aliphatic rings. The van der Waals surface area contributed by atoms with Gasteiger partial charge in [0.15, 0.2) is 0 Å². The molecule has 0 atom stereocenters. The van der Waals surface area contributed by atoms with Crippen LogP contribution in [0.5, 0.6) is 0 Å². The Morgan fingerprint density at radius 1 is 0.393 bits per heavy atom. The molecule has 2 aliphatic carbocycles. The largest absolute Gasteiger partial charge is 0.455 e. The first-order chi connectivity index (χ1) is 27.3. The molecule has 0 saturated carbocycles. The molecule has 1 heterocycles. The molecule has 0 saturated heterocycles. The summed E-state index contributed by atoms with van der Waals surface area (Å²) in [5, 5.41) is 2.25. The number of anilines is 3. The van der Waals surface area contributed by atoms with E-state index in [-0.39, 0.29) is 10.8 Å². The van der Waals surface area contributed by atoms with Crippen molar-refractivity contribution in [2.75, 3.05) is 4.90 Å². The van der Waals surface area contributed by atoms with Crippen molar-refractivity contribution >= 4 is 39.0 Å². The van der Waals surface area contributed by atoms with Crippen molar-refractivity contribution in [3.05, 3.63) is 198 Å². The van der Waals surface area contributed by atoms with Crippen LogP contribution in [-0.4, -0.2) is 0 Å². The summed E-state index contributed by atoms with van der Waals surface area (Å²) in [6.45, 7) is 9.46. The number of fused-ring (bicyclic) bond motifs is 9. The van der Waals surface area contributed by atoms with Gasteiger partial charge in [-0.25, -0.2) is 0 Å². The number of benzene rings is 8. The van der Waals surface area contributed by atoms with Crippen molar-refractivity contribution in [1.82, 2.24) is 0 Å². The lowest BCUT2D eigenvalue weighted by atomic mass is 9.82. The fraction of sp³-hybridized carbons (Fsp3) is 0.111. The van der Waals surface area contributed by atoms with Crippen LogP contribution in [0.15, 0.2) is 180 Å². The highest BCUT2D eigenvalue weighted by atomic mass is 16.3. The zero-order valence-electron chi connectivity index (χ0n) is 32.1. The van der Waals surface area contributed by atoms with E-state index in [2.05, 4.69) is 209 Å². The van der Waals surface area contributed by atoms with Gasteiger partial charge >= 0.3 is 0 Å². The first kappa shape index (κ1) is 32.8. The lowest BCUT2D eigenvalue weighted by molar-refractivity contribution is 0.660. The second kappa shape index (κ2) is 11.9. The molecular weight excluding hydrogens is 679 g/mol. The van der Waals surface area contributed by atoms with E-state index in [0.717, 1.165) is 61.3 Å². The first-order valence-corrected chi connectivity index (χ1v) is 19.7. The maximum Gasteiger partial charge on any atom is 0.143 e. The van der Waals surface area contributed by atoms with Gasteiger partial charge in [-0.05, 0) is 98.1 Å². The first-order valence-electron chi connectivity index (χ1n) is 19.7. The van der Waals surface area contributed by atoms with Crippen LogP contribution < -0.4 is 4.90 Å². The highest BCUT2D eigenvalue weighted by Crippen LogP contribution is 2.54. The van der Waals surface area contributed by atoms with Crippen LogP contribution in [-0.2, 0) is 10.8 Å². The molecule has 0 unspecified atom stereocenters. The molecule has 0 bridgehead atoms. The number of para-hydroxylation sites is 2. The maximum absolute atomic E-state index is 6.76. The lowest BCUT2D eigenvalue weighted by Gasteiger charge is -2.31. The molecule has 2 heteroatoms. The zero-order valence-corrected chi connectivity index (χ0v) is 32.1. The van der Waals surface area contributed by atoms with Crippen molar-refractivity contribution in [2.45, 2.75) is 38.5 Å². The van der Waals surface area contributed by atoms with Gasteiger partial charge < -0.3 is 9.32 Å². The second-order valence-electron chi connectivity index (χ2n) is 16.5. The van der Waals surface area contributed by atoms with E-state index in [0.29, 0.717) is 0 Å². The van der Waals surface area contributed by atoms with Crippen molar-refractivity contribution in [3.63, 3.8) is 0 Å². The average Bonchev–Trinajstić information content (AvgIpc) is 3.82. The molecular formula is C54H41NO. The maximum atomic E-state index is 6.76. The fourth-order valence-corrected chi connectivity index (χ4v) is 9.88. The molecule has 1 aromatic heterocycles. The number of furan rings is 1. The summed E-state index contributed by atoms with van der Waals surface area (Å²) in [6, 6.07) is 64.5. The molecule has 0 aliphatic heterocycles. The molecule has 2 nitrogen and oxygen atoms in total. The molecule has 0 spiro atoms. The van der Waals surface area contributed by atoms with Crippen molar-refractivity contribution in [2.24, 2.45) is 0 Å². The zero-order chi connectivity index (χ0) is 37.8. The topological polar surface area (TPSA) is 16.4 Å². The molecule has 9 aromatic rings. The van der Waals surface area contributed by atoms with Crippen LogP contribution in [0.4, 0.5) is 17.1 Å². The minimum Gasteiger partial charge on any atom is -0.455 e. The molecule has 0 radical (unpaired) electrons. The SMILES string of the molecule is CC1(C)c2ccccc2-c2ccc(N(c3ccc4c(c3)C(C)(C)c3ccccc3-4)c3ccccc3-c3ccc(-c4ccccc4)c4oc5ccccc5c34)cc21. The third-order valence-electron chi connectivity index (χ3n) is 12.7. The van der Waals surface area contributed by atoms with Crippen LogP contribution in [0.3, 0.4) is 0 Å². The minimum atomic E-state index is -0.135.